The molecule has 2 aromatic rings. The van der Waals surface area contributed by atoms with Gasteiger partial charge in [0, 0.05) is 11.3 Å². The maximum absolute atomic E-state index is 12.8. The number of hydrogen-bond acceptors (Lipinski definition) is 7. The Morgan fingerprint density at radius 3 is 2.38 bits per heavy atom. The Kier molecular flexibility index (Phi) is 6.34. The molecule has 2 atom stereocenters. The van der Waals surface area contributed by atoms with Crippen LogP contribution in [0.2, 0.25) is 0 Å². The van der Waals surface area contributed by atoms with Crippen molar-refractivity contribution in [1.82, 2.24) is 0 Å². The summed E-state index contributed by atoms with van der Waals surface area (Å²) in [6, 6.07) is 12.2. The van der Waals surface area contributed by atoms with E-state index < -0.39 is 9.84 Å². The van der Waals surface area contributed by atoms with Crippen molar-refractivity contribution >= 4 is 38.4 Å². The number of amides is 1. The van der Waals surface area contributed by atoms with Crippen molar-refractivity contribution in [3.05, 3.63) is 48.0 Å². The van der Waals surface area contributed by atoms with Gasteiger partial charge in [-0.05, 0) is 29.8 Å². The molecule has 2 aliphatic heterocycles. The summed E-state index contributed by atoms with van der Waals surface area (Å²) in [5.41, 5.74) is 1.44. The lowest BCUT2D eigenvalue weighted by Crippen LogP contribution is -2.38. The molecule has 0 radical (unpaired) electrons. The van der Waals surface area contributed by atoms with Crippen molar-refractivity contribution in [3.8, 4) is 17.2 Å². The molecule has 0 aliphatic carbocycles. The highest BCUT2D eigenvalue weighted by atomic mass is 32.2. The molecule has 2 heterocycles. The molecule has 0 N–H and O–H groups in total. The second-order valence-corrected chi connectivity index (χ2v) is 10.9. The molecule has 2 saturated heterocycles. The molecule has 0 bridgehead atoms. The van der Waals surface area contributed by atoms with Crippen LogP contribution in [0.1, 0.15) is 5.56 Å². The Bertz CT molecular complexity index is 1150. The van der Waals surface area contributed by atoms with Gasteiger partial charge in [-0.3, -0.25) is 4.79 Å². The van der Waals surface area contributed by atoms with E-state index in [1.807, 2.05) is 17.0 Å². The minimum absolute atomic E-state index is 0.00325. The van der Waals surface area contributed by atoms with Gasteiger partial charge in [-0.15, -0.1) is 0 Å². The van der Waals surface area contributed by atoms with Crippen LogP contribution >= 0.6 is 11.8 Å². The average molecular weight is 477 g/mol. The van der Waals surface area contributed by atoms with Crippen LogP contribution in [0.5, 0.6) is 17.2 Å². The SMILES string of the molecule is COc1ccc(CC(=O)N=C2S[C@H]3CS(=O)(=O)C[C@@H]3N2c2cc(OC)ccc2OC)cc1. The normalized spacial score (nSPS) is 22.6. The number of hydrogen-bond donors (Lipinski definition) is 0. The molecule has 0 aromatic heterocycles. The number of rotatable bonds is 6. The largest absolute Gasteiger partial charge is 0.497 e. The van der Waals surface area contributed by atoms with Crippen molar-refractivity contribution in [1.29, 1.82) is 0 Å². The zero-order valence-electron chi connectivity index (χ0n) is 18.0. The fourth-order valence-electron chi connectivity index (χ4n) is 3.90. The predicted molar refractivity (Wildman–Crippen MR) is 125 cm³/mol. The van der Waals surface area contributed by atoms with E-state index in [1.165, 1.54) is 11.8 Å². The van der Waals surface area contributed by atoms with Crippen molar-refractivity contribution < 1.29 is 27.4 Å². The Hall–Kier alpha value is -2.72. The number of anilines is 1. The highest BCUT2D eigenvalue weighted by Gasteiger charge is 2.50. The Morgan fingerprint density at radius 1 is 1.03 bits per heavy atom. The number of ether oxygens (including phenoxy) is 3. The lowest BCUT2D eigenvalue weighted by molar-refractivity contribution is -0.117. The van der Waals surface area contributed by atoms with Crippen molar-refractivity contribution in [3.63, 3.8) is 0 Å². The molecule has 8 nitrogen and oxygen atoms in total. The standard InChI is InChI=1S/C22H24N2O6S2/c1-28-15-6-4-14(5-7-15)10-21(25)23-22-24(18-12-32(26,27)13-20(18)31-22)17-11-16(29-2)8-9-19(17)30-3/h4-9,11,18,20H,10,12-13H2,1-3H3/t18-,20-/m0/s1. The van der Waals surface area contributed by atoms with E-state index in [9.17, 15) is 13.2 Å². The summed E-state index contributed by atoms with van der Waals surface area (Å²) in [6.45, 7) is 0. The number of carbonyl (C=O) groups excluding carboxylic acids is 1. The van der Waals surface area contributed by atoms with E-state index in [1.54, 1.807) is 51.7 Å². The predicted octanol–water partition coefficient (Wildman–Crippen LogP) is 2.56. The van der Waals surface area contributed by atoms with E-state index in [2.05, 4.69) is 4.99 Å². The number of amidine groups is 1. The molecule has 10 heteroatoms. The number of carbonyl (C=O) groups is 1. The third-order valence-corrected chi connectivity index (χ3v) is 8.66. The summed E-state index contributed by atoms with van der Waals surface area (Å²) >= 11 is 1.32. The van der Waals surface area contributed by atoms with Gasteiger partial charge >= 0.3 is 0 Å². The minimum atomic E-state index is -3.18. The van der Waals surface area contributed by atoms with Gasteiger partial charge in [-0.2, -0.15) is 4.99 Å². The third kappa shape index (κ3) is 4.56. The van der Waals surface area contributed by atoms with Crippen LogP contribution in [-0.2, 0) is 21.1 Å². The highest BCUT2D eigenvalue weighted by molar-refractivity contribution is 8.16. The lowest BCUT2D eigenvalue weighted by atomic mass is 10.1. The van der Waals surface area contributed by atoms with Gasteiger partial charge in [0.1, 0.15) is 17.2 Å². The minimum Gasteiger partial charge on any atom is -0.497 e. The molecule has 32 heavy (non-hydrogen) atoms. The highest BCUT2D eigenvalue weighted by Crippen LogP contribution is 2.45. The zero-order chi connectivity index (χ0) is 22.9. The van der Waals surface area contributed by atoms with Gasteiger partial charge in [0.2, 0.25) is 0 Å². The van der Waals surface area contributed by atoms with E-state index in [0.717, 1.165) is 5.56 Å². The summed E-state index contributed by atoms with van der Waals surface area (Å²) in [4.78, 5) is 19.0. The summed E-state index contributed by atoms with van der Waals surface area (Å²) in [5.74, 6) is 1.59. The number of aliphatic imine (C=N–C) groups is 1. The second-order valence-electron chi connectivity index (χ2n) is 7.52. The van der Waals surface area contributed by atoms with E-state index in [0.29, 0.717) is 28.1 Å². The van der Waals surface area contributed by atoms with Gasteiger partial charge in [0.15, 0.2) is 15.0 Å². The monoisotopic (exact) mass is 476 g/mol. The number of thioether (sulfide) groups is 1. The number of benzene rings is 2. The smallest absolute Gasteiger partial charge is 0.252 e. The van der Waals surface area contributed by atoms with Crippen molar-refractivity contribution in [2.45, 2.75) is 17.7 Å². The number of methoxy groups -OCH3 is 3. The molecular formula is C22H24N2O6S2. The van der Waals surface area contributed by atoms with E-state index >= 15 is 0 Å². The van der Waals surface area contributed by atoms with Gasteiger partial charge < -0.3 is 19.1 Å². The fourth-order valence-corrected chi connectivity index (χ4v) is 7.82. The Labute approximate surface area is 191 Å². The quantitative estimate of drug-likeness (QED) is 0.628. The van der Waals surface area contributed by atoms with Gasteiger partial charge in [-0.25, -0.2) is 8.42 Å². The van der Waals surface area contributed by atoms with Crippen molar-refractivity contribution in [2.75, 3.05) is 37.7 Å². The molecule has 4 rings (SSSR count). The Morgan fingerprint density at radius 2 is 1.72 bits per heavy atom. The van der Waals surface area contributed by atoms with Crippen LogP contribution in [-0.4, -0.2) is 63.6 Å². The maximum Gasteiger partial charge on any atom is 0.252 e. The first kappa shape index (κ1) is 22.5. The number of nitrogens with zero attached hydrogens (tertiary/aromatic N) is 2. The summed E-state index contributed by atoms with van der Waals surface area (Å²) in [5, 5.41) is 0.267. The van der Waals surface area contributed by atoms with Crippen LogP contribution in [0.25, 0.3) is 0 Å². The van der Waals surface area contributed by atoms with Crippen molar-refractivity contribution in [2.24, 2.45) is 4.99 Å². The molecule has 2 aliphatic rings. The van der Waals surface area contributed by atoms with E-state index in [-0.39, 0.29) is 35.1 Å². The molecule has 0 saturated carbocycles. The first-order valence-electron chi connectivity index (χ1n) is 9.96. The summed E-state index contributed by atoms with van der Waals surface area (Å²) < 4.78 is 40.6. The maximum atomic E-state index is 12.8. The lowest BCUT2D eigenvalue weighted by Gasteiger charge is -2.26. The molecule has 2 fully saturated rings. The van der Waals surface area contributed by atoms with Crippen LogP contribution in [0.15, 0.2) is 47.5 Å². The number of fused-ring (bicyclic) bond motifs is 1. The number of sulfone groups is 1. The van der Waals surface area contributed by atoms with Crippen LogP contribution < -0.4 is 19.1 Å². The first-order chi connectivity index (χ1) is 15.3. The van der Waals surface area contributed by atoms with Gasteiger partial charge in [0.25, 0.3) is 5.91 Å². The first-order valence-corrected chi connectivity index (χ1v) is 12.7. The molecule has 0 unspecified atom stereocenters. The van der Waals surface area contributed by atoms with Gasteiger partial charge in [-0.1, -0.05) is 23.9 Å². The van der Waals surface area contributed by atoms with Crippen LogP contribution in [0, 0.1) is 0 Å². The summed E-state index contributed by atoms with van der Waals surface area (Å²) in [7, 11) is 1.51. The molecule has 0 spiro atoms. The molecular weight excluding hydrogens is 452 g/mol. The topological polar surface area (TPSA) is 94.5 Å². The van der Waals surface area contributed by atoms with Crippen LogP contribution in [0.3, 0.4) is 0 Å². The fraction of sp³-hybridized carbons (Fsp3) is 0.364. The molecule has 2 aromatic carbocycles. The molecule has 170 valence electrons. The Balaban J connectivity index is 1.68. The van der Waals surface area contributed by atoms with Gasteiger partial charge in [0.05, 0.1) is 51.0 Å². The third-order valence-electron chi connectivity index (χ3n) is 5.45. The van der Waals surface area contributed by atoms with E-state index in [4.69, 9.17) is 14.2 Å². The zero-order valence-corrected chi connectivity index (χ0v) is 19.6. The summed E-state index contributed by atoms with van der Waals surface area (Å²) in [6.07, 6.45) is 0.130. The van der Waals surface area contributed by atoms with Crippen LogP contribution in [0.4, 0.5) is 5.69 Å². The molecule has 1 amide bonds. The second kappa shape index (κ2) is 9.03. The average Bonchev–Trinajstić information content (AvgIpc) is 3.24.